The van der Waals surface area contributed by atoms with Crippen LogP contribution >= 0.6 is 0 Å². The van der Waals surface area contributed by atoms with Gasteiger partial charge in [0.05, 0.1) is 84.0 Å². The van der Waals surface area contributed by atoms with Crippen LogP contribution in [0.4, 0.5) is 0 Å². The lowest BCUT2D eigenvalue weighted by atomic mass is 10.2. The minimum Gasteiger partial charge on any atom is -0.433 e. The van der Waals surface area contributed by atoms with E-state index in [0.29, 0.717) is 0 Å². The Balaban J connectivity index is -0.000000131. The first-order valence-electron chi connectivity index (χ1n) is 46.5. The van der Waals surface area contributed by atoms with Crippen molar-refractivity contribution < 1.29 is 89.3 Å². The van der Waals surface area contributed by atoms with Gasteiger partial charge in [-0.25, -0.2) is 0 Å². The summed E-state index contributed by atoms with van der Waals surface area (Å²) in [5.41, 5.74) is -3.80. The Bertz CT molecular complexity index is 2310. The molecule has 2 N–H and O–H groups in total. The second-order valence-corrected chi connectivity index (χ2v) is 90.2. The molecule has 30 heteroatoms. The molecule has 0 unspecified atom stereocenters. The molecule has 0 aliphatic carbocycles. The summed E-state index contributed by atoms with van der Waals surface area (Å²) >= 11 is 0. The van der Waals surface area contributed by atoms with E-state index >= 15 is 0 Å². The van der Waals surface area contributed by atoms with Crippen LogP contribution in [0.5, 0.6) is 0 Å². The molecule has 0 aromatic carbocycles. The van der Waals surface area contributed by atoms with Crippen molar-refractivity contribution in [3.8, 4) is 0 Å². The molecule has 0 aliphatic rings. The predicted molar refractivity (Wildman–Crippen MR) is 575 cm³/mol. The zero-order valence-corrected chi connectivity index (χ0v) is 110. The highest BCUT2D eigenvalue weighted by Crippen LogP contribution is 2.35. The van der Waals surface area contributed by atoms with E-state index in [4.69, 9.17) is 84.5 Å². The fraction of sp³-hybridized carbons (Fsp3) is 1.00. The molecule has 20 nitrogen and oxygen atoms in total. The second kappa shape index (κ2) is 54.8. The zero-order chi connectivity index (χ0) is 106. The minimum atomic E-state index is -3.34. The van der Waals surface area contributed by atoms with Crippen LogP contribution in [0.25, 0.3) is 0 Å². The second-order valence-electron chi connectivity index (χ2n) is 56.6. The minimum absolute atomic E-state index is 0.0461. The molecule has 0 aliphatic heterocycles. The molecule has 0 radical (unpaired) electrons. The molecular formula is C96H234O20Si10. The molecule has 0 aromatic heterocycles. The maximum absolute atomic E-state index is 9.27. The lowest BCUT2D eigenvalue weighted by Crippen LogP contribution is -2.61. The number of rotatable bonds is 18. The third-order valence-electron chi connectivity index (χ3n) is 9.28. The highest BCUT2D eigenvalue weighted by atomic mass is 28.4. The number of hydrogen-bond acceptors (Lipinski definition) is 20. The zero-order valence-electron chi connectivity index (χ0n) is 99.8. The van der Waals surface area contributed by atoms with Crippen LogP contribution in [0.15, 0.2) is 0 Å². The summed E-state index contributed by atoms with van der Waals surface area (Å²) < 4.78 is 108. The van der Waals surface area contributed by atoms with E-state index in [1.54, 1.807) is 13.1 Å². The molecule has 0 aromatic rings. The van der Waals surface area contributed by atoms with Gasteiger partial charge in [0.2, 0.25) is 0 Å². The van der Waals surface area contributed by atoms with Crippen LogP contribution in [-0.4, -0.2) is 196 Å². The molecule has 0 heterocycles. The SMILES string of the molecule is CC(C)(C)O[Si](C)(C)C.CC(C)(C)O[Si](C)(C)C.CC(C)(C)O[Si](C)(C)C.CC(C)(C)O[Si](C)(C)O.CC(C)(C)O[Si](C)(C)OC(C)(C)C.CC(C)(C)O[Si](C)(C)OC(C)(C)C.CC(C)(C)O[Si](C)(OC(C)(C)C)OC(C)(C)C.CC(C)(C)O[Si](C)(OC(C)(C)C)OC(C)(C)C.CC(C)(C)O[Si](OC(C)(C)C)(OC(C)(C)C)OC(C)(C)C.CC(C)C.C[Si](C)(C)O. The summed E-state index contributed by atoms with van der Waals surface area (Å²) in [6.45, 7) is 158. The van der Waals surface area contributed by atoms with Gasteiger partial charge in [-0.3, -0.25) is 0 Å². The Labute approximate surface area is 801 Å². The van der Waals surface area contributed by atoms with Gasteiger partial charge >= 0.3 is 52.3 Å². The van der Waals surface area contributed by atoms with Crippen LogP contribution in [0.3, 0.4) is 0 Å². The summed E-state index contributed by atoms with van der Waals surface area (Å²) in [7, 11) is -20.4. The van der Waals surface area contributed by atoms with Crippen molar-refractivity contribution in [3.63, 3.8) is 0 Å². The Morgan fingerprint density at radius 3 is 0.286 bits per heavy atom. The van der Waals surface area contributed by atoms with Crippen molar-refractivity contribution >= 4 is 85.6 Å². The van der Waals surface area contributed by atoms with Crippen molar-refractivity contribution in [2.75, 3.05) is 0 Å². The van der Waals surface area contributed by atoms with E-state index in [0.717, 1.165) is 5.92 Å². The monoisotopic (exact) mass is 1990 g/mol. The first-order valence-corrected chi connectivity index (χ1v) is 74.8. The van der Waals surface area contributed by atoms with Crippen molar-refractivity contribution in [3.05, 3.63) is 0 Å². The average Bonchev–Trinajstić information content (AvgIpc) is 0.786. The summed E-state index contributed by atoms with van der Waals surface area (Å²) in [5.74, 6) is 0.833. The molecule has 0 saturated carbocycles. The quantitative estimate of drug-likeness (QED) is 0.122. The van der Waals surface area contributed by atoms with E-state index in [1.165, 1.54) is 0 Å². The first-order chi connectivity index (χ1) is 52.5. The number of hydrogen-bond donors (Lipinski definition) is 2. The molecular weight excluding hydrogens is 1750 g/mol. The molecule has 0 fully saturated rings. The van der Waals surface area contributed by atoms with Gasteiger partial charge in [0, 0.05) is 29.9 Å². The van der Waals surface area contributed by atoms with Crippen LogP contribution in [0.2, 0.25) is 131 Å². The molecule has 0 amide bonds. The van der Waals surface area contributed by atoms with Crippen LogP contribution < -0.4 is 0 Å². The lowest BCUT2D eigenvalue weighted by Gasteiger charge is -2.43. The third-order valence-corrected chi connectivity index (χ3v) is 27.8. The van der Waals surface area contributed by atoms with Gasteiger partial charge in [0.1, 0.15) is 0 Å². The average molecular weight is 1990 g/mol. The molecule has 126 heavy (non-hydrogen) atoms. The van der Waals surface area contributed by atoms with Gasteiger partial charge in [-0.05, 0) is 498 Å². The predicted octanol–water partition coefficient (Wildman–Crippen LogP) is 31.2. The molecule has 0 atom stereocenters. The molecule has 0 rings (SSSR count). The normalized spacial score (nSPS) is 14.5. The van der Waals surface area contributed by atoms with E-state index < -0.39 is 108 Å². The van der Waals surface area contributed by atoms with E-state index in [1.807, 2.05) is 261 Å². The molecule has 778 valence electrons. The molecule has 0 saturated heterocycles. The van der Waals surface area contributed by atoms with Gasteiger partial charge in [-0.15, -0.1) is 0 Å². The highest BCUT2D eigenvalue weighted by Gasteiger charge is 2.57. The van der Waals surface area contributed by atoms with Crippen LogP contribution in [0, 0.1) is 5.92 Å². The van der Waals surface area contributed by atoms with E-state index in [9.17, 15) is 4.80 Å². The maximum Gasteiger partial charge on any atom is 0.681 e. The van der Waals surface area contributed by atoms with Gasteiger partial charge in [0.25, 0.3) is 0 Å². The Morgan fingerprint density at radius 2 is 0.238 bits per heavy atom. The van der Waals surface area contributed by atoms with Crippen LogP contribution in [-0.2, 0) is 79.7 Å². The standard InChI is InChI=1S/C16H36O4Si.2C13H30O3Si.2C10H24O2Si.3C7H18OSi.C6H16O2Si.C4H10.C3H10OSi/c1-13(2,3)17-21(18-14(4,5)6,19-15(7,8)9)20-16(10,11)12;2*1-11(2,3)14-17(10,15-12(4,5)6)16-13(7,8)9;2*1-9(2,3)11-13(7,8)12-10(4,5)6;3*1-7(2,3)8-9(4,5)6;1-6(2,3)8-9(4,5)7;1-4(2)3;1-5(2,3)4/h1-12H3;2*1-10H3;2*1-8H3;3*1-6H3;7H,1-5H3;4H,1-3H3;4H,1-3H3. The van der Waals surface area contributed by atoms with Crippen molar-refractivity contribution in [2.45, 2.75) is 626 Å². The summed E-state index contributed by atoms with van der Waals surface area (Å²) in [6, 6.07) is 0. The van der Waals surface area contributed by atoms with Gasteiger partial charge < -0.3 is 89.3 Å². The largest absolute Gasteiger partial charge is 0.681 e. The van der Waals surface area contributed by atoms with Crippen molar-refractivity contribution in [1.82, 2.24) is 0 Å². The topological polar surface area (TPSA) is 207 Å². The smallest absolute Gasteiger partial charge is 0.433 e. The van der Waals surface area contributed by atoms with E-state index in [-0.39, 0.29) is 78.4 Å². The lowest BCUT2D eigenvalue weighted by molar-refractivity contribution is -0.156. The van der Waals surface area contributed by atoms with Crippen molar-refractivity contribution in [1.29, 1.82) is 0 Å². The fourth-order valence-corrected chi connectivity index (χ4v) is 34.7. The van der Waals surface area contributed by atoms with Gasteiger partial charge in [-0.1, -0.05) is 20.8 Å². The Morgan fingerprint density at radius 1 is 0.151 bits per heavy atom. The highest BCUT2D eigenvalue weighted by molar-refractivity contribution is 6.71. The van der Waals surface area contributed by atoms with Crippen molar-refractivity contribution in [2.24, 2.45) is 5.92 Å². The summed E-state index contributed by atoms with van der Waals surface area (Å²) in [5, 5.41) is 0. The summed E-state index contributed by atoms with van der Waals surface area (Å²) in [4.78, 5) is 17.9. The first kappa shape index (κ1) is 150. The fourth-order valence-electron chi connectivity index (χ4n) is 11.6. The Kier molecular flexibility index (Phi) is 65.3. The molecule has 0 spiro atoms. The van der Waals surface area contributed by atoms with E-state index in [2.05, 4.69) is 251 Å². The maximum atomic E-state index is 9.27. The summed E-state index contributed by atoms with van der Waals surface area (Å²) in [6.07, 6.45) is 0. The molecule has 0 bridgehead atoms. The van der Waals surface area contributed by atoms with Gasteiger partial charge in [0.15, 0.2) is 33.3 Å². The van der Waals surface area contributed by atoms with Crippen LogP contribution in [0.1, 0.15) is 395 Å². The Hall–Kier alpha value is 1.37. The van der Waals surface area contributed by atoms with Gasteiger partial charge in [-0.2, -0.15) is 0 Å². The third kappa shape index (κ3) is 162.